The van der Waals surface area contributed by atoms with Gasteiger partial charge in [-0.2, -0.15) is 0 Å². The molecular formula is C13H18ClNO2. The molecule has 0 saturated carbocycles. The van der Waals surface area contributed by atoms with E-state index in [4.69, 9.17) is 16.3 Å². The molecule has 0 aliphatic heterocycles. The number of halogens is 1. The minimum Gasteiger partial charge on any atom is -0.462 e. The average molecular weight is 256 g/mol. The number of esters is 1. The maximum absolute atomic E-state index is 11.7. The topological polar surface area (TPSA) is 39.2 Å². The van der Waals surface area contributed by atoms with Crippen LogP contribution in [0.4, 0.5) is 0 Å². The summed E-state index contributed by atoms with van der Waals surface area (Å²) < 4.78 is 5.13. The molecular weight excluding hydrogens is 238 g/mol. The SMILES string of the molecule is CCCCOC(=O)c1cc(Cl)nc(C(C)C)c1. The van der Waals surface area contributed by atoms with E-state index in [0.717, 1.165) is 18.5 Å². The summed E-state index contributed by atoms with van der Waals surface area (Å²) in [4.78, 5) is 15.9. The van der Waals surface area contributed by atoms with Gasteiger partial charge in [-0.15, -0.1) is 0 Å². The van der Waals surface area contributed by atoms with Crippen molar-refractivity contribution in [3.63, 3.8) is 0 Å². The van der Waals surface area contributed by atoms with Crippen LogP contribution in [0.3, 0.4) is 0 Å². The Labute approximate surface area is 107 Å². The third-order valence-electron chi connectivity index (χ3n) is 2.37. The van der Waals surface area contributed by atoms with Crippen molar-refractivity contribution in [1.82, 2.24) is 4.98 Å². The summed E-state index contributed by atoms with van der Waals surface area (Å²) >= 11 is 5.88. The lowest BCUT2D eigenvalue weighted by atomic mass is 10.1. The molecule has 0 radical (unpaired) electrons. The van der Waals surface area contributed by atoms with Gasteiger partial charge in [0.2, 0.25) is 0 Å². The molecule has 0 fully saturated rings. The fraction of sp³-hybridized carbons (Fsp3) is 0.538. The third kappa shape index (κ3) is 4.35. The second kappa shape index (κ2) is 6.60. The van der Waals surface area contributed by atoms with Gasteiger partial charge in [0.05, 0.1) is 12.2 Å². The van der Waals surface area contributed by atoms with Crippen LogP contribution in [0.2, 0.25) is 5.15 Å². The highest BCUT2D eigenvalue weighted by Crippen LogP contribution is 2.18. The number of rotatable bonds is 5. The van der Waals surface area contributed by atoms with Gasteiger partial charge in [-0.05, 0) is 24.5 Å². The van der Waals surface area contributed by atoms with E-state index in [1.807, 2.05) is 20.8 Å². The molecule has 0 aliphatic rings. The van der Waals surface area contributed by atoms with E-state index in [-0.39, 0.29) is 11.9 Å². The number of aromatic nitrogens is 1. The predicted octanol–water partition coefficient (Wildman–Crippen LogP) is 3.82. The molecule has 0 amide bonds. The Hall–Kier alpha value is -1.09. The lowest BCUT2D eigenvalue weighted by molar-refractivity contribution is 0.0499. The first-order valence-electron chi connectivity index (χ1n) is 5.89. The van der Waals surface area contributed by atoms with Crippen LogP contribution < -0.4 is 0 Å². The number of pyridine rings is 1. The van der Waals surface area contributed by atoms with E-state index < -0.39 is 0 Å². The minimum atomic E-state index is -0.329. The van der Waals surface area contributed by atoms with Gasteiger partial charge in [0.25, 0.3) is 0 Å². The van der Waals surface area contributed by atoms with Gasteiger partial charge in [-0.25, -0.2) is 9.78 Å². The molecule has 0 spiro atoms. The standard InChI is InChI=1S/C13H18ClNO2/c1-4-5-6-17-13(16)10-7-11(9(2)3)15-12(14)8-10/h7-9H,4-6H2,1-3H3. The molecule has 0 saturated heterocycles. The van der Waals surface area contributed by atoms with E-state index >= 15 is 0 Å². The van der Waals surface area contributed by atoms with Gasteiger partial charge in [-0.3, -0.25) is 0 Å². The Balaban J connectivity index is 2.79. The van der Waals surface area contributed by atoms with Crippen LogP contribution in [0.5, 0.6) is 0 Å². The second-order valence-electron chi connectivity index (χ2n) is 4.25. The highest BCUT2D eigenvalue weighted by molar-refractivity contribution is 6.29. The summed E-state index contributed by atoms with van der Waals surface area (Å²) in [6.45, 7) is 6.51. The van der Waals surface area contributed by atoms with Crippen molar-refractivity contribution in [3.8, 4) is 0 Å². The van der Waals surface area contributed by atoms with Crippen LogP contribution in [-0.2, 0) is 4.74 Å². The molecule has 0 bridgehead atoms. The van der Waals surface area contributed by atoms with E-state index in [1.54, 1.807) is 12.1 Å². The number of nitrogens with zero attached hydrogens (tertiary/aromatic N) is 1. The van der Waals surface area contributed by atoms with Crippen molar-refractivity contribution >= 4 is 17.6 Å². The van der Waals surface area contributed by atoms with Gasteiger partial charge in [0, 0.05) is 5.69 Å². The Morgan fingerprint density at radius 2 is 2.18 bits per heavy atom. The first-order chi connectivity index (χ1) is 8.04. The van der Waals surface area contributed by atoms with Crippen molar-refractivity contribution in [2.75, 3.05) is 6.61 Å². The maximum atomic E-state index is 11.7. The second-order valence-corrected chi connectivity index (χ2v) is 4.63. The van der Waals surface area contributed by atoms with E-state index in [9.17, 15) is 4.79 Å². The maximum Gasteiger partial charge on any atom is 0.338 e. The van der Waals surface area contributed by atoms with Gasteiger partial charge < -0.3 is 4.74 Å². The Bertz CT molecular complexity index is 391. The lowest BCUT2D eigenvalue weighted by Crippen LogP contribution is -2.08. The molecule has 1 aromatic rings. The van der Waals surface area contributed by atoms with Crippen LogP contribution >= 0.6 is 11.6 Å². The third-order valence-corrected chi connectivity index (χ3v) is 2.57. The van der Waals surface area contributed by atoms with Crippen LogP contribution in [0.1, 0.15) is 55.6 Å². The average Bonchev–Trinajstić information content (AvgIpc) is 2.28. The zero-order chi connectivity index (χ0) is 12.8. The molecule has 0 N–H and O–H groups in total. The largest absolute Gasteiger partial charge is 0.462 e. The summed E-state index contributed by atoms with van der Waals surface area (Å²) in [7, 11) is 0. The predicted molar refractivity (Wildman–Crippen MR) is 68.5 cm³/mol. The number of hydrogen-bond donors (Lipinski definition) is 0. The molecule has 3 nitrogen and oxygen atoms in total. The fourth-order valence-corrected chi connectivity index (χ4v) is 1.54. The molecule has 94 valence electrons. The molecule has 0 unspecified atom stereocenters. The van der Waals surface area contributed by atoms with Gasteiger partial charge in [0.1, 0.15) is 5.15 Å². The molecule has 1 aromatic heterocycles. The van der Waals surface area contributed by atoms with Gasteiger partial charge in [0.15, 0.2) is 0 Å². The van der Waals surface area contributed by atoms with Crippen LogP contribution in [-0.4, -0.2) is 17.6 Å². The van der Waals surface area contributed by atoms with Crippen molar-refractivity contribution in [2.24, 2.45) is 0 Å². The first-order valence-corrected chi connectivity index (χ1v) is 6.27. The van der Waals surface area contributed by atoms with Crippen molar-refractivity contribution in [2.45, 2.75) is 39.5 Å². The van der Waals surface area contributed by atoms with Crippen LogP contribution in [0.15, 0.2) is 12.1 Å². The van der Waals surface area contributed by atoms with Crippen LogP contribution in [0.25, 0.3) is 0 Å². The highest BCUT2D eigenvalue weighted by Gasteiger charge is 2.12. The van der Waals surface area contributed by atoms with E-state index in [2.05, 4.69) is 4.98 Å². The molecule has 1 rings (SSSR count). The number of unbranched alkanes of at least 4 members (excludes halogenated alkanes) is 1. The quantitative estimate of drug-likeness (QED) is 0.456. The Morgan fingerprint density at radius 3 is 2.76 bits per heavy atom. The lowest BCUT2D eigenvalue weighted by Gasteiger charge is -2.08. The summed E-state index contributed by atoms with van der Waals surface area (Å²) in [5.41, 5.74) is 1.28. The summed E-state index contributed by atoms with van der Waals surface area (Å²) in [5, 5.41) is 0.332. The Kier molecular flexibility index (Phi) is 5.42. The van der Waals surface area contributed by atoms with Crippen molar-refractivity contribution in [3.05, 3.63) is 28.5 Å². The van der Waals surface area contributed by atoms with Gasteiger partial charge >= 0.3 is 5.97 Å². The molecule has 17 heavy (non-hydrogen) atoms. The molecule has 0 aromatic carbocycles. The number of carbonyl (C=O) groups is 1. The zero-order valence-electron chi connectivity index (χ0n) is 10.5. The molecule has 0 aliphatic carbocycles. The normalized spacial score (nSPS) is 10.6. The number of hydrogen-bond acceptors (Lipinski definition) is 3. The minimum absolute atomic E-state index is 0.232. The molecule has 4 heteroatoms. The fourth-order valence-electron chi connectivity index (χ4n) is 1.32. The summed E-state index contributed by atoms with van der Waals surface area (Å²) in [6.07, 6.45) is 1.88. The van der Waals surface area contributed by atoms with Crippen molar-refractivity contribution < 1.29 is 9.53 Å². The zero-order valence-corrected chi connectivity index (χ0v) is 11.3. The molecule has 1 heterocycles. The van der Waals surface area contributed by atoms with E-state index in [1.165, 1.54) is 0 Å². The first kappa shape index (κ1) is 14.0. The number of ether oxygens (including phenoxy) is 1. The number of carbonyl (C=O) groups excluding carboxylic acids is 1. The summed E-state index contributed by atoms with van der Waals surface area (Å²) in [6, 6.07) is 3.28. The van der Waals surface area contributed by atoms with Gasteiger partial charge in [-0.1, -0.05) is 38.8 Å². The monoisotopic (exact) mass is 255 g/mol. The van der Waals surface area contributed by atoms with Crippen LogP contribution in [0, 0.1) is 0 Å². The Morgan fingerprint density at radius 1 is 1.47 bits per heavy atom. The van der Waals surface area contributed by atoms with E-state index in [0.29, 0.717) is 17.3 Å². The van der Waals surface area contributed by atoms with Crippen molar-refractivity contribution in [1.29, 1.82) is 0 Å². The molecule has 0 atom stereocenters. The highest BCUT2D eigenvalue weighted by atomic mass is 35.5. The summed E-state index contributed by atoms with van der Waals surface area (Å²) in [5.74, 6) is -0.0967. The smallest absolute Gasteiger partial charge is 0.338 e.